The number of rotatable bonds is 16. The Hall–Kier alpha value is -0.160. The molecule has 0 aromatic rings. The fourth-order valence-corrected chi connectivity index (χ4v) is 6.21. The van der Waals surface area contributed by atoms with Gasteiger partial charge in [0, 0.05) is 0 Å². The highest BCUT2D eigenvalue weighted by Gasteiger charge is 2.50. The molecule has 4 atom stereocenters. The first-order valence-electron chi connectivity index (χ1n) is 12.8. The van der Waals surface area contributed by atoms with Crippen LogP contribution < -0.4 is 0 Å². The zero-order valence-corrected chi connectivity index (χ0v) is 20.4. The second-order valence-electron chi connectivity index (χ2n) is 10.7. The second kappa shape index (κ2) is 14.1. The molecule has 0 aliphatic heterocycles. The molecule has 4 nitrogen and oxygen atoms in total. The van der Waals surface area contributed by atoms with Crippen LogP contribution in [0.1, 0.15) is 130 Å². The molecule has 0 amide bonds. The van der Waals surface area contributed by atoms with Gasteiger partial charge in [-0.3, -0.25) is 0 Å². The van der Waals surface area contributed by atoms with E-state index in [1.54, 1.807) is 0 Å². The predicted molar refractivity (Wildman–Crippen MR) is 125 cm³/mol. The molecular weight excluding hydrogens is 376 g/mol. The lowest BCUT2D eigenvalue weighted by Gasteiger charge is -2.56. The molecule has 4 heteroatoms. The Morgan fingerprint density at radius 1 is 0.500 bits per heavy atom. The summed E-state index contributed by atoms with van der Waals surface area (Å²) in [7, 11) is 0. The minimum atomic E-state index is -0.247. The number of aliphatic hydroxyl groups excluding tert-OH is 4. The second-order valence-corrected chi connectivity index (χ2v) is 10.7. The van der Waals surface area contributed by atoms with Crippen LogP contribution in [0, 0.1) is 10.8 Å². The standard InChI is InChI=1S/C26H52O4/c1-21(27)11-7-17-25(18-8-12-22(2)28)15-5-6-16-26(25,19-9-13-23(3)29)20-10-14-24(4)30/h21-24,27-30H,5-20H2,1-4H3. The molecule has 4 unspecified atom stereocenters. The topological polar surface area (TPSA) is 80.9 Å². The van der Waals surface area contributed by atoms with Gasteiger partial charge in [-0.05, 0) is 103 Å². The van der Waals surface area contributed by atoms with Crippen molar-refractivity contribution in [2.45, 2.75) is 155 Å². The van der Waals surface area contributed by atoms with Crippen LogP contribution in [0.4, 0.5) is 0 Å². The van der Waals surface area contributed by atoms with E-state index in [4.69, 9.17) is 0 Å². The van der Waals surface area contributed by atoms with Gasteiger partial charge in [0.1, 0.15) is 0 Å². The highest BCUT2D eigenvalue weighted by Crippen LogP contribution is 2.61. The van der Waals surface area contributed by atoms with E-state index >= 15 is 0 Å². The molecule has 0 heterocycles. The molecule has 0 spiro atoms. The van der Waals surface area contributed by atoms with Crippen molar-refractivity contribution in [3.8, 4) is 0 Å². The molecule has 180 valence electrons. The van der Waals surface area contributed by atoms with Gasteiger partial charge in [0.15, 0.2) is 0 Å². The van der Waals surface area contributed by atoms with Crippen molar-refractivity contribution in [3.05, 3.63) is 0 Å². The van der Waals surface area contributed by atoms with Crippen LogP contribution in [0.2, 0.25) is 0 Å². The van der Waals surface area contributed by atoms with Gasteiger partial charge < -0.3 is 20.4 Å². The van der Waals surface area contributed by atoms with Crippen molar-refractivity contribution in [3.63, 3.8) is 0 Å². The zero-order valence-electron chi connectivity index (χ0n) is 20.4. The van der Waals surface area contributed by atoms with Gasteiger partial charge in [-0.2, -0.15) is 0 Å². The van der Waals surface area contributed by atoms with Crippen LogP contribution in [0.25, 0.3) is 0 Å². The maximum Gasteiger partial charge on any atom is 0.0512 e. The van der Waals surface area contributed by atoms with Crippen LogP contribution in [0.15, 0.2) is 0 Å². The molecule has 1 aliphatic rings. The van der Waals surface area contributed by atoms with Crippen molar-refractivity contribution in [1.82, 2.24) is 0 Å². The molecule has 4 N–H and O–H groups in total. The lowest BCUT2D eigenvalue weighted by Crippen LogP contribution is -2.45. The monoisotopic (exact) mass is 428 g/mol. The summed E-state index contributed by atoms with van der Waals surface area (Å²) in [5.41, 5.74) is 0.513. The summed E-state index contributed by atoms with van der Waals surface area (Å²) in [5, 5.41) is 39.4. The molecule has 0 radical (unpaired) electrons. The summed E-state index contributed by atoms with van der Waals surface area (Å²) in [5.74, 6) is 0. The first-order chi connectivity index (χ1) is 14.1. The van der Waals surface area contributed by atoms with E-state index in [1.807, 2.05) is 27.7 Å². The fraction of sp³-hybridized carbons (Fsp3) is 1.00. The minimum Gasteiger partial charge on any atom is -0.393 e. The third-order valence-electron chi connectivity index (χ3n) is 7.79. The Bertz CT molecular complexity index is 363. The average molecular weight is 429 g/mol. The summed E-state index contributed by atoms with van der Waals surface area (Å²) in [6, 6.07) is 0. The van der Waals surface area contributed by atoms with E-state index in [1.165, 1.54) is 25.7 Å². The lowest BCUT2D eigenvalue weighted by atomic mass is 9.49. The Morgan fingerprint density at radius 2 is 0.733 bits per heavy atom. The predicted octanol–water partition coefficient (Wildman–Crippen LogP) is 5.74. The quantitative estimate of drug-likeness (QED) is 0.253. The van der Waals surface area contributed by atoms with Gasteiger partial charge in [-0.1, -0.05) is 38.5 Å². The fourth-order valence-electron chi connectivity index (χ4n) is 6.21. The van der Waals surface area contributed by atoms with Crippen molar-refractivity contribution in [2.24, 2.45) is 10.8 Å². The molecule has 0 aromatic carbocycles. The van der Waals surface area contributed by atoms with Crippen LogP contribution in [-0.2, 0) is 0 Å². The maximum absolute atomic E-state index is 9.86. The number of hydrogen-bond acceptors (Lipinski definition) is 4. The molecule has 1 aliphatic carbocycles. The Kier molecular flexibility index (Phi) is 13.1. The summed E-state index contributed by atoms with van der Waals surface area (Å²) >= 11 is 0. The van der Waals surface area contributed by atoms with Crippen LogP contribution in [0.3, 0.4) is 0 Å². The van der Waals surface area contributed by atoms with Crippen LogP contribution in [-0.4, -0.2) is 44.8 Å². The molecule has 1 rings (SSSR count). The maximum atomic E-state index is 9.86. The first kappa shape index (κ1) is 27.9. The SMILES string of the molecule is CC(O)CCCC1(CCCC(C)O)CCCCC1(CCCC(C)O)CCCC(C)O. The van der Waals surface area contributed by atoms with Crippen molar-refractivity contribution in [2.75, 3.05) is 0 Å². The van der Waals surface area contributed by atoms with E-state index in [0.29, 0.717) is 0 Å². The third-order valence-corrected chi connectivity index (χ3v) is 7.79. The Morgan fingerprint density at radius 3 is 0.933 bits per heavy atom. The number of aliphatic hydroxyl groups is 4. The van der Waals surface area contributed by atoms with Crippen molar-refractivity contribution >= 4 is 0 Å². The normalized spacial score (nSPS) is 28.8. The summed E-state index contributed by atoms with van der Waals surface area (Å²) in [4.78, 5) is 0. The summed E-state index contributed by atoms with van der Waals surface area (Å²) in [6.07, 6.45) is 16.3. The van der Waals surface area contributed by atoms with Crippen LogP contribution >= 0.6 is 0 Å². The lowest BCUT2D eigenvalue weighted by molar-refractivity contribution is -0.0568. The zero-order chi connectivity index (χ0) is 22.6. The smallest absolute Gasteiger partial charge is 0.0512 e. The largest absolute Gasteiger partial charge is 0.393 e. The molecule has 1 saturated carbocycles. The first-order valence-corrected chi connectivity index (χ1v) is 12.8. The van der Waals surface area contributed by atoms with Crippen molar-refractivity contribution in [1.29, 1.82) is 0 Å². The Labute approximate surface area is 186 Å². The van der Waals surface area contributed by atoms with Crippen LogP contribution in [0.5, 0.6) is 0 Å². The van der Waals surface area contributed by atoms with Crippen molar-refractivity contribution < 1.29 is 20.4 Å². The molecule has 30 heavy (non-hydrogen) atoms. The van der Waals surface area contributed by atoms with E-state index in [2.05, 4.69) is 0 Å². The Balaban J connectivity index is 3.10. The molecule has 0 aromatic heterocycles. The molecule has 0 saturated heterocycles. The van der Waals surface area contributed by atoms with Gasteiger partial charge >= 0.3 is 0 Å². The average Bonchev–Trinajstić information content (AvgIpc) is 2.62. The molecule has 1 fully saturated rings. The highest BCUT2D eigenvalue weighted by atomic mass is 16.3. The molecular formula is C26H52O4. The van der Waals surface area contributed by atoms with Gasteiger partial charge in [-0.25, -0.2) is 0 Å². The summed E-state index contributed by atoms with van der Waals surface area (Å²) in [6.45, 7) is 7.55. The molecule has 0 bridgehead atoms. The van der Waals surface area contributed by atoms with E-state index in [-0.39, 0.29) is 35.2 Å². The van der Waals surface area contributed by atoms with Gasteiger partial charge in [0.2, 0.25) is 0 Å². The van der Waals surface area contributed by atoms with Gasteiger partial charge in [0.25, 0.3) is 0 Å². The van der Waals surface area contributed by atoms with E-state index in [9.17, 15) is 20.4 Å². The number of hydrogen-bond donors (Lipinski definition) is 4. The highest BCUT2D eigenvalue weighted by molar-refractivity contribution is 5.00. The third kappa shape index (κ3) is 9.54. The van der Waals surface area contributed by atoms with Gasteiger partial charge in [-0.15, -0.1) is 0 Å². The summed E-state index contributed by atoms with van der Waals surface area (Å²) < 4.78 is 0. The van der Waals surface area contributed by atoms with E-state index < -0.39 is 0 Å². The van der Waals surface area contributed by atoms with Gasteiger partial charge in [0.05, 0.1) is 24.4 Å². The minimum absolute atomic E-state index is 0.247. The van der Waals surface area contributed by atoms with E-state index in [0.717, 1.165) is 77.0 Å².